The van der Waals surface area contributed by atoms with E-state index in [0.29, 0.717) is 33.9 Å². The minimum absolute atomic E-state index is 0.0779. The molecule has 0 spiro atoms. The average molecular weight is 539 g/mol. The molecule has 1 saturated heterocycles. The third-order valence-electron chi connectivity index (χ3n) is 8.18. The van der Waals surface area contributed by atoms with Crippen molar-refractivity contribution in [3.05, 3.63) is 93.0 Å². The van der Waals surface area contributed by atoms with Gasteiger partial charge in [0.05, 0.1) is 28.4 Å². The zero-order valence-electron chi connectivity index (χ0n) is 21.5. The van der Waals surface area contributed by atoms with Crippen molar-refractivity contribution >= 4 is 34.7 Å². The number of benzene rings is 3. The number of anilines is 1. The highest BCUT2D eigenvalue weighted by Gasteiger charge is 2.60. The van der Waals surface area contributed by atoms with Crippen LogP contribution in [0.15, 0.2) is 60.7 Å². The van der Waals surface area contributed by atoms with Crippen molar-refractivity contribution in [2.75, 3.05) is 11.7 Å². The lowest BCUT2D eigenvalue weighted by atomic mass is 9.64. The van der Waals surface area contributed by atoms with Crippen molar-refractivity contribution in [3.8, 4) is 17.2 Å². The van der Waals surface area contributed by atoms with Gasteiger partial charge in [0.15, 0.2) is 11.5 Å². The van der Waals surface area contributed by atoms with Gasteiger partial charge in [-0.25, -0.2) is 4.90 Å². The number of hydrogen-bond donors (Lipinski definition) is 0. The fourth-order valence-electron chi connectivity index (χ4n) is 6.30. The van der Waals surface area contributed by atoms with E-state index in [1.807, 2.05) is 31.2 Å². The predicted octanol–water partition coefficient (Wildman–Crippen LogP) is 4.46. The van der Waals surface area contributed by atoms with Crippen molar-refractivity contribution in [2.24, 2.45) is 17.8 Å². The van der Waals surface area contributed by atoms with Gasteiger partial charge in [-0.3, -0.25) is 24.5 Å². The number of nitro benzene ring substituents is 1. The molecule has 0 radical (unpaired) electrons. The van der Waals surface area contributed by atoms with Gasteiger partial charge in [0.2, 0.25) is 18.6 Å². The number of nitro groups is 1. The third-order valence-corrected chi connectivity index (χ3v) is 8.18. The number of carbonyl (C=O) groups excluding carboxylic acids is 3. The van der Waals surface area contributed by atoms with E-state index in [1.165, 1.54) is 18.2 Å². The number of rotatable bonds is 3. The molecule has 3 aromatic carbocycles. The molecule has 0 unspecified atom stereocenters. The molecule has 1 aliphatic carbocycles. The minimum Gasteiger partial charge on any atom is -0.454 e. The fraction of sp³-hybridized carbons (Fsp3) is 0.233. The summed E-state index contributed by atoms with van der Waals surface area (Å²) in [7, 11) is 0. The summed E-state index contributed by atoms with van der Waals surface area (Å²) in [4.78, 5) is 53.8. The molecule has 200 valence electrons. The molecule has 4 atom stereocenters. The fourth-order valence-corrected chi connectivity index (χ4v) is 6.30. The van der Waals surface area contributed by atoms with E-state index in [4.69, 9.17) is 14.2 Å². The minimum atomic E-state index is -1.07. The summed E-state index contributed by atoms with van der Waals surface area (Å²) in [6.07, 6.45) is 1.88. The van der Waals surface area contributed by atoms with Gasteiger partial charge in [-0.15, -0.1) is 0 Å². The summed E-state index contributed by atoms with van der Waals surface area (Å²) in [6.45, 7) is 3.64. The Morgan fingerprint density at radius 1 is 0.875 bits per heavy atom. The Hall–Kier alpha value is -4.99. The number of allylic oxidation sites excluding steroid dienone is 1. The second-order valence-electron chi connectivity index (χ2n) is 10.5. The first-order chi connectivity index (χ1) is 19.2. The van der Waals surface area contributed by atoms with Crippen LogP contribution in [0.4, 0.5) is 11.4 Å². The number of carbonyl (C=O) groups is 3. The molecule has 0 aromatic heterocycles. The quantitative estimate of drug-likeness (QED) is 0.157. The Morgan fingerprint density at radius 2 is 1.65 bits per heavy atom. The van der Waals surface area contributed by atoms with Crippen LogP contribution in [0.2, 0.25) is 0 Å². The number of fused-ring (bicyclic) bond motifs is 6. The van der Waals surface area contributed by atoms with Crippen LogP contribution in [0.25, 0.3) is 5.57 Å². The van der Waals surface area contributed by atoms with E-state index < -0.39 is 46.4 Å². The van der Waals surface area contributed by atoms with Crippen LogP contribution < -0.4 is 19.1 Å². The second kappa shape index (κ2) is 8.51. The number of ether oxygens (including phenoxy) is 3. The van der Waals surface area contributed by atoms with E-state index >= 15 is 0 Å². The first-order valence-corrected chi connectivity index (χ1v) is 12.8. The molecule has 3 heterocycles. The molecule has 3 aliphatic heterocycles. The Kier molecular flexibility index (Phi) is 5.12. The van der Waals surface area contributed by atoms with Crippen LogP contribution in [0.5, 0.6) is 17.2 Å². The third kappa shape index (κ3) is 3.38. The number of non-ortho nitro benzene ring substituents is 1. The number of hydrogen-bond acceptors (Lipinski definition) is 8. The molecule has 40 heavy (non-hydrogen) atoms. The van der Waals surface area contributed by atoms with Crippen molar-refractivity contribution in [3.63, 3.8) is 0 Å². The SMILES string of the molecule is Cc1ccc2c(c1)OC(=O)[C@@H]1C2=C[C@H](c2ccc3c(c2)OCO3)[C@H]2C(=O)N(c3cc([N+](=O)[O-])ccc3C)C(=O)[C@@H]12. The Morgan fingerprint density at radius 3 is 2.45 bits per heavy atom. The first kappa shape index (κ1) is 24.1. The molecular weight excluding hydrogens is 516 g/mol. The van der Waals surface area contributed by atoms with E-state index in [1.54, 1.807) is 25.1 Å². The standard InChI is InChI=1S/C30H22N2O8/c1-14-3-7-18-20-12-19(16-5-8-22-24(10-16)39-13-38-22)25-27(26(20)30(35)40-23(18)9-14)29(34)31(28(25)33)21-11-17(32(36)37)6-4-15(21)2/h3-12,19,25-27H,13H2,1-2H3/t19-,25-,26-,27-/m1/s1. The lowest BCUT2D eigenvalue weighted by molar-refractivity contribution is -0.384. The van der Waals surface area contributed by atoms with E-state index in [0.717, 1.165) is 16.0 Å². The molecule has 0 bridgehead atoms. The van der Waals surface area contributed by atoms with Crippen molar-refractivity contribution in [2.45, 2.75) is 19.8 Å². The second-order valence-corrected chi connectivity index (χ2v) is 10.5. The average Bonchev–Trinajstić information content (AvgIpc) is 3.50. The highest BCUT2D eigenvalue weighted by molar-refractivity contribution is 6.25. The number of nitrogens with zero attached hydrogens (tertiary/aromatic N) is 2. The topological polar surface area (TPSA) is 125 Å². The molecule has 3 aromatic rings. The summed E-state index contributed by atoms with van der Waals surface area (Å²) in [5.74, 6) is -3.84. The predicted molar refractivity (Wildman–Crippen MR) is 141 cm³/mol. The maximum Gasteiger partial charge on any atom is 0.319 e. The summed E-state index contributed by atoms with van der Waals surface area (Å²) >= 11 is 0. The molecule has 0 N–H and O–H groups in total. The van der Waals surface area contributed by atoms with Crippen molar-refractivity contribution < 1.29 is 33.5 Å². The number of esters is 1. The molecule has 7 rings (SSSR count). The van der Waals surface area contributed by atoms with Crippen LogP contribution >= 0.6 is 0 Å². The monoisotopic (exact) mass is 538 g/mol. The lowest BCUT2D eigenvalue weighted by Gasteiger charge is -2.38. The van der Waals surface area contributed by atoms with Gasteiger partial charge in [-0.1, -0.05) is 30.3 Å². The van der Waals surface area contributed by atoms with Crippen molar-refractivity contribution in [1.29, 1.82) is 0 Å². The van der Waals surface area contributed by atoms with Gasteiger partial charge in [0, 0.05) is 23.6 Å². The smallest absolute Gasteiger partial charge is 0.319 e. The van der Waals surface area contributed by atoms with Gasteiger partial charge < -0.3 is 14.2 Å². The zero-order valence-corrected chi connectivity index (χ0v) is 21.5. The molecule has 4 aliphatic rings. The van der Waals surface area contributed by atoms with Gasteiger partial charge in [0.1, 0.15) is 5.75 Å². The summed E-state index contributed by atoms with van der Waals surface area (Å²) in [6, 6.07) is 14.9. The summed E-state index contributed by atoms with van der Waals surface area (Å²) in [5, 5.41) is 11.5. The highest BCUT2D eigenvalue weighted by atomic mass is 16.7. The molecule has 10 heteroatoms. The van der Waals surface area contributed by atoms with E-state index in [2.05, 4.69) is 0 Å². The first-order valence-electron chi connectivity index (χ1n) is 12.8. The van der Waals surface area contributed by atoms with Crippen LogP contribution in [0.1, 0.15) is 28.2 Å². The van der Waals surface area contributed by atoms with E-state index in [-0.39, 0.29) is 18.2 Å². The molecule has 1 fully saturated rings. The maximum absolute atomic E-state index is 14.2. The van der Waals surface area contributed by atoms with E-state index in [9.17, 15) is 24.5 Å². The van der Waals surface area contributed by atoms with Crippen molar-refractivity contribution in [1.82, 2.24) is 0 Å². The number of aryl methyl sites for hydroxylation is 2. The van der Waals surface area contributed by atoms with Crippen LogP contribution in [0.3, 0.4) is 0 Å². The largest absolute Gasteiger partial charge is 0.454 e. The number of imide groups is 1. The normalized spacial score (nSPS) is 24.2. The Labute approximate surface area is 227 Å². The highest BCUT2D eigenvalue weighted by Crippen LogP contribution is 2.55. The van der Waals surface area contributed by atoms with Gasteiger partial charge in [-0.05, 0) is 54.3 Å². The molecule has 10 nitrogen and oxygen atoms in total. The van der Waals surface area contributed by atoms with Crippen LogP contribution in [0, 0.1) is 41.7 Å². The zero-order chi connectivity index (χ0) is 27.9. The van der Waals surface area contributed by atoms with Crippen LogP contribution in [-0.4, -0.2) is 29.5 Å². The van der Waals surface area contributed by atoms with Gasteiger partial charge in [0.25, 0.3) is 5.69 Å². The summed E-state index contributed by atoms with van der Waals surface area (Å²) < 4.78 is 16.7. The Bertz CT molecular complexity index is 1710. The van der Waals surface area contributed by atoms with Crippen LogP contribution in [-0.2, 0) is 14.4 Å². The maximum atomic E-state index is 14.2. The van der Waals surface area contributed by atoms with Gasteiger partial charge in [-0.2, -0.15) is 0 Å². The number of amides is 2. The molecule has 2 amide bonds. The lowest BCUT2D eigenvalue weighted by Crippen LogP contribution is -2.42. The Balaban J connectivity index is 1.42. The molecule has 0 saturated carbocycles. The van der Waals surface area contributed by atoms with Gasteiger partial charge >= 0.3 is 5.97 Å². The molecular formula is C30H22N2O8. The summed E-state index contributed by atoms with van der Waals surface area (Å²) in [5.41, 5.74) is 3.33.